The van der Waals surface area contributed by atoms with E-state index in [0.717, 1.165) is 16.9 Å². The van der Waals surface area contributed by atoms with E-state index in [2.05, 4.69) is 31.2 Å². The van der Waals surface area contributed by atoms with Gasteiger partial charge in [-0.05, 0) is 37.1 Å². The second kappa shape index (κ2) is 7.17. The maximum absolute atomic E-state index is 5.73. The van der Waals surface area contributed by atoms with Crippen LogP contribution in [-0.4, -0.2) is 6.61 Å². The molecular weight excluding hydrogens is 258 g/mol. The van der Waals surface area contributed by atoms with Gasteiger partial charge >= 0.3 is 0 Å². The molecule has 0 aromatic heterocycles. The van der Waals surface area contributed by atoms with Gasteiger partial charge in [0.1, 0.15) is 5.75 Å². The molecule has 0 spiro atoms. The molecule has 2 aromatic carbocycles. The van der Waals surface area contributed by atoms with E-state index in [0.29, 0.717) is 13.2 Å². The van der Waals surface area contributed by atoms with Gasteiger partial charge < -0.3 is 10.5 Å². The van der Waals surface area contributed by atoms with Crippen molar-refractivity contribution in [2.24, 2.45) is 5.73 Å². The Bertz CT molecular complexity index is 540. The lowest BCUT2D eigenvalue weighted by Crippen LogP contribution is -1.98. The highest BCUT2D eigenvalue weighted by Gasteiger charge is 2.06. The second-order valence-electron chi connectivity index (χ2n) is 4.34. The Kier molecular flexibility index (Phi) is 5.87. The maximum Gasteiger partial charge on any atom is 0.127 e. The smallest absolute Gasteiger partial charge is 0.127 e. The molecule has 0 aliphatic rings. The second-order valence-corrected chi connectivity index (χ2v) is 4.34. The van der Waals surface area contributed by atoms with Crippen LogP contribution >= 0.6 is 12.4 Å². The molecule has 0 radical (unpaired) electrons. The van der Waals surface area contributed by atoms with Crippen LogP contribution < -0.4 is 10.5 Å². The molecule has 3 heteroatoms. The first-order chi connectivity index (χ1) is 8.74. The van der Waals surface area contributed by atoms with Gasteiger partial charge in [-0.1, -0.05) is 35.9 Å². The Morgan fingerprint density at radius 1 is 1.11 bits per heavy atom. The van der Waals surface area contributed by atoms with Crippen molar-refractivity contribution in [2.75, 3.05) is 6.61 Å². The molecule has 0 unspecified atom stereocenters. The molecule has 0 aliphatic heterocycles. The summed E-state index contributed by atoms with van der Waals surface area (Å²) in [7, 11) is 0. The van der Waals surface area contributed by atoms with E-state index < -0.39 is 0 Å². The Balaban J connectivity index is 0.00000180. The van der Waals surface area contributed by atoms with Gasteiger partial charge in [-0.25, -0.2) is 0 Å². The SMILES string of the molecule is CCOc1ccccc1-c1cc(C)cc(CN)c1.Cl. The molecule has 0 amide bonds. The number of aryl methyl sites for hydroxylation is 1. The monoisotopic (exact) mass is 277 g/mol. The van der Waals surface area contributed by atoms with Crippen molar-refractivity contribution < 1.29 is 4.74 Å². The Morgan fingerprint density at radius 3 is 2.53 bits per heavy atom. The number of benzene rings is 2. The van der Waals surface area contributed by atoms with Crippen LogP contribution in [0.1, 0.15) is 18.1 Å². The lowest BCUT2D eigenvalue weighted by molar-refractivity contribution is 0.341. The quantitative estimate of drug-likeness (QED) is 0.919. The Hall–Kier alpha value is -1.51. The van der Waals surface area contributed by atoms with Gasteiger partial charge in [-0.3, -0.25) is 0 Å². The summed E-state index contributed by atoms with van der Waals surface area (Å²) in [6, 6.07) is 14.5. The van der Waals surface area contributed by atoms with Gasteiger partial charge in [0.2, 0.25) is 0 Å². The summed E-state index contributed by atoms with van der Waals surface area (Å²) in [6.45, 7) is 5.32. The van der Waals surface area contributed by atoms with Crippen molar-refractivity contribution in [1.82, 2.24) is 0 Å². The molecule has 0 atom stereocenters. The van der Waals surface area contributed by atoms with Crippen molar-refractivity contribution >= 4 is 12.4 Å². The normalized spacial score (nSPS) is 9.84. The van der Waals surface area contributed by atoms with Gasteiger partial charge in [0, 0.05) is 12.1 Å². The van der Waals surface area contributed by atoms with Crippen molar-refractivity contribution in [1.29, 1.82) is 0 Å². The average Bonchev–Trinajstić information content (AvgIpc) is 2.39. The van der Waals surface area contributed by atoms with E-state index in [1.54, 1.807) is 0 Å². The number of hydrogen-bond donors (Lipinski definition) is 1. The summed E-state index contributed by atoms with van der Waals surface area (Å²) in [5.41, 5.74) is 10.4. The van der Waals surface area contributed by atoms with E-state index in [1.807, 2.05) is 25.1 Å². The molecule has 102 valence electrons. The first kappa shape index (κ1) is 15.5. The van der Waals surface area contributed by atoms with Gasteiger partial charge in [0.25, 0.3) is 0 Å². The summed E-state index contributed by atoms with van der Waals surface area (Å²) in [6.07, 6.45) is 0. The van der Waals surface area contributed by atoms with Gasteiger partial charge in [0.15, 0.2) is 0 Å². The van der Waals surface area contributed by atoms with Crippen LogP contribution in [0.3, 0.4) is 0 Å². The van der Waals surface area contributed by atoms with Crippen molar-refractivity contribution in [3.05, 3.63) is 53.6 Å². The molecule has 0 heterocycles. The maximum atomic E-state index is 5.73. The van der Waals surface area contributed by atoms with Gasteiger partial charge in [-0.15, -0.1) is 12.4 Å². The highest BCUT2D eigenvalue weighted by Crippen LogP contribution is 2.31. The van der Waals surface area contributed by atoms with E-state index in [-0.39, 0.29) is 12.4 Å². The third kappa shape index (κ3) is 3.72. The molecule has 0 fully saturated rings. The number of halogens is 1. The fraction of sp³-hybridized carbons (Fsp3) is 0.250. The molecule has 19 heavy (non-hydrogen) atoms. The third-order valence-electron chi connectivity index (χ3n) is 2.87. The fourth-order valence-electron chi connectivity index (χ4n) is 2.12. The van der Waals surface area contributed by atoms with Gasteiger partial charge in [-0.2, -0.15) is 0 Å². The Morgan fingerprint density at radius 2 is 1.84 bits per heavy atom. The predicted octanol–water partition coefficient (Wildman–Crippen LogP) is 3.94. The zero-order valence-electron chi connectivity index (χ0n) is 11.3. The minimum atomic E-state index is 0. The zero-order valence-corrected chi connectivity index (χ0v) is 12.2. The van der Waals surface area contributed by atoms with Crippen molar-refractivity contribution in [2.45, 2.75) is 20.4 Å². The lowest BCUT2D eigenvalue weighted by atomic mass is 9.99. The van der Waals surface area contributed by atoms with Crippen LogP contribution in [0.5, 0.6) is 5.75 Å². The summed E-state index contributed by atoms with van der Waals surface area (Å²) < 4.78 is 5.67. The average molecular weight is 278 g/mol. The van der Waals surface area contributed by atoms with E-state index in [4.69, 9.17) is 10.5 Å². The topological polar surface area (TPSA) is 35.2 Å². The number of ether oxygens (including phenoxy) is 1. The molecule has 0 saturated carbocycles. The highest BCUT2D eigenvalue weighted by molar-refractivity contribution is 5.85. The summed E-state index contributed by atoms with van der Waals surface area (Å²) in [5, 5.41) is 0. The van der Waals surface area contributed by atoms with Crippen LogP contribution in [0.4, 0.5) is 0 Å². The summed E-state index contributed by atoms with van der Waals surface area (Å²) in [4.78, 5) is 0. The Labute approximate surface area is 121 Å². The van der Waals surface area contributed by atoms with Crippen LogP contribution in [-0.2, 0) is 6.54 Å². The summed E-state index contributed by atoms with van der Waals surface area (Å²) >= 11 is 0. The molecule has 2 N–H and O–H groups in total. The fourth-order valence-corrected chi connectivity index (χ4v) is 2.12. The van der Waals surface area contributed by atoms with Crippen molar-refractivity contribution in [3.63, 3.8) is 0 Å². The van der Waals surface area contributed by atoms with E-state index in [9.17, 15) is 0 Å². The van der Waals surface area contributed by atoms with Crippen molar-refractivity contribution in [3.8, 4) is 16.9 Å². The molecule has 0 bridgehead atoms. The molecule has 0 aliphatic carbocycles. The third-order valence-corrected chi connectivity index (χ3v) is 2.87. The minimum absolute atomic E-state index is 0. The van der Waals surface area contributed by atoms with Crippen LogP contribution in [0.2, 0.25) is 0 Å². The number of hydrogen-bond acceptors (Lipinski definition) is 2. The molecule has 2 rings (SSSR count). The summed E-state index contributed by atoms with van der Waals surface area (Å²) in [5.74, 6) is 0.925. The van der Waals surface area contributed by atoms with Crippen LogP contribution in [0.25, 0.3) is 11.1 Å². The number of para-hydroxylation sites is 1. The highest BCUT2D eigenvalue weighted by atomic mass is 35.5. The van der Waals surface area contributed by atoms with Gasteiger partial charge in [0.05, 0.1) is 6.61 Å². The first-order valence-electron chi connectivity index (χ1n) is 6.27. The lowest BCUT2D eigenvalue weighted by Gasteiger charge is -2.12. The molecule has 2 nitrogen and oxygen atoms in total. The number of nitrogens with two attached hydrogens (primary N) is 1. The van der Waals surface area contributed by atoms with Crippen LogP contribution in [0, 0.1) is 6.92 Å². The zero-order chi connectivity index (χ0) is 13.0. The standard InChI is InChI=1S/C16H19NO.ClH/c1-3-18-16-7-5-4-6-15(16)14-9-12(2)8-13(10-14)11-17;/h4-10H,3,11,17H2,1-2H3;1H. The predicted molar refractivity (Wildman–Crippen MR) is 82.9 cm³/mol. The van der Waals surface area contributed by atoms with E-state index >= 15 is 0 Å². The molecule has 2 aromatic rings. The molecular formula is C16H20ClNO. The van der Waals surface area contributed by atoms with E-state index in [1.165, 1.54) is 11.1 Å². The number of rotatable bonds is 4. The largest absolute Gasteiger partial charge is 0.493 e. The minimum Gasteiger partial charge on any atom is -0.493 e. The molecule has 0 saturated heterocycles. The van der Waals surface area contributed by atoms with Crippen LogP contribution in [0.15, 0.2) is 42.5 Å². The first-order valence-corrected chi connectivity index (χ1v) is 6.27.